The molecule has 0 radical (unpaired) electrons. The standard InChI is InChI=1S/C13H19N3S/c1-8-4-5-10(11(14)17)12(16-8)15-7-9-6-13(9,2)3/h4-5,9H,6-7H2,1-3H3,(H2,14,17)(H,15,16). The number of nitrogens with one attached hydrogen (secondary N) is 1. The molecule has 17 heavy (non-hydrogen) atoms. The largest absolute Gasteiger partial charge is 0.389 e. The number of hydrogen-bond donors (Lipinski definition) is 2. The minimum absolute atomic E-state index is 0.398. The molecule has 0 saturated heterocycles. The number of thiocarbonyl (C=S) groups is 1. The Hall–Kier alpha value is -1.16. The van der Waals surface area contributed by atoms with Crippen LogP contribution in [0.15, 0.2) is 12.1 Å². The number of pyridine rings is 1. The first-order valence-electron chi connectivity index (χ1n) is 5.91. The van der Waals surface area contributed by atoms with Gasteiger partial charge in [-0.1, -0.05) is 26.1 Å². The molecule has 1 aliphatic carbocycles. The zero-order valence-electron chi connectivity index (χ0n) is 10.6. The molecule has 1 aliphatic rings. The topological polar surface area (TPSA) is 50.9 Å². The molecular weight excluding hydrogens is 230 g/mol. The van der Waals surface area contributed by atoms with Crippen LogP contribution in [0.3, 0.4) is 0 Å². The van der Waals surface area contributed by atoms with Crippen LogP contribution in [0, 0.1) is 18.3 Å². The van der Waals surface area contributed by atoms with E-state index in [1.54, 1.807) is 0 Å². The first-order chi connectivity index (χ1) is 7.90. The average Bonchev–Trinajstić information content (AvgIpc) is 2.83. The van der Waals surface area contributed by atoms with E-state index in [0.29, 0.717) is 10.4 Å². The molecule has 3 nitrogen and oxygen atoms in total. The Labute approximate surface area is 108 Å². The fourth-order valence-electron chi connectivity index (χ4n) is 2.03. The molecule has 0 aliphatic heterocycles. The van der Waals surface area contributed by atoms with E-state index in [2.05, 4.69) is 24.1 Å². The van der Waals surface area contributed by atoms with Crippen molar-refractivity contribution in [3.63, 3.8) is 0 Å². The molecular formula is C13H19N3S. The highest BCUT2D eigenvalue weighted by Gasteiger charge is 2.45. The van der Waals surface area contributed by atoms with E-state index in [9.17, 15) is 0 Å². The Bertz CT molecular complexity index is 454. The molecule has 1 fully saturated rings. The summed E-state index contributed by atoms with van der Waals surface area (Å²) in [5.74, 6) is 1.55. The van der Waals surface area contributed by atoms with Crippen molar-refractivity contribution in [2.75, 3.05) is 11.9 Å². The van der Waals surface area contributed by atoms with Crippen LogP contribution in [-0.4, -0.2) is 16.5 Å². The summed E-state index contributed by atoms with van der Waals surface area (Å²) in [5, 5.41) is 3.37. The molecule has 0 amide bonds. The van der Waals surface area contributed by atoms with Gasteiger partial charge in [-0.25, -0.2) is 4.98 Å². The Morgan fingerprint density at radius 2 is 2.24 bits per heavy atom. The van der Waals surface area contributed by atoms with Crippen LogP contribution >= 0.6 is 12.2 Å². The van der Waals surface area contributed by atoms with Gasteiger partial charge in [-0.2, -0.15) is 0 Å². The second kappa shape index (κ2) is 4.26. The lowest BCUT2D eigenvalue weighted by atomic mass is 10.1. The minimum atomic E-state index is 0.398. The fourth-order valence-corrected chi connectivity index (χ4v) is 2.20. The third-order valence-corrected chi connectivity index (χ3v) is 3.75. The molecule has 3 N–H and O–H groups in total. The van der Waals surface area contributed by atoms with Crippen molar-refractivity contribution < 1.29 is 0 Å². The molecule has 92 valence electrons. The molecule has 1 aromatic heterocycles. The van der Waals surface area contributed by atoms with Crippen molar-refractivity contribution in [2.45, 2.75) is 27.2 Å². The summed E-state index contributed by atoms with van der Waals surface area (Å²) >= 11 is 5.03. The molecule has 1 heterocycles. The lowest BCUT2D eigenvalue weighted by Gasteiger charge is -2.11. The van der Waals surface area contributed by atoms with Crippen molar-refractivity contribution in [3.05, 3.63) is 23.4 Å². The summed E-state index contributed by atoms with van der Waals surface area (Å²) in [4.78, 5) is 4.86. The third-order valence-electron chi connectivity index (χ3n) is 3.53. The fraction of sp³-hybridized carbons (Fsp3) is 0.538. The van der Waals surface area contributed by atoms with Crippen LogP contribution in [0.25, 0.3) is 0 Å². The number of aromatic nitrogens is 1. The van der Waals surface area contributed by atoms with Gasteiger partial charge in [0.15, 0.2) is 0 Å². The number of nitrogens with zero attached hydrogens (tertiary/aromatic N) is 1. The van der Waals surface area contributed by atoms with Crippen LogP contribution in [0.1, 0.15) is 31.5 Å². The molecule has 1 unspecified atom stereocenters. The van der Waals surface area contributed by atoms with Crippen molar-refractivity contribution in [1.82, 2.24) is 4.98 Å². The van der Waals surface area contributed by atoms with E-state index in [0.717, 1.165) is 29.5 Å². The Morgan fingerprint density at radius 3 is 2.76 bits per heavy atom. The molecule has 0 bridgehead atoms. The van der Waals surface area contributed by atoms with Gasteiger partial charge >= 0.3 is 0 Å². The first kappa shape index (κ1) is 12.3. The van der Waals surface area contributed by atoms with E-state index in [1.807, 2.05) is 19.1 Å². The summed E-state index contributed by atoms with van der Waals surface area (Å²) in [6.45, 7) is 7.49. The zero-order chi connectivity index (χ0) is 12.6. The number of anilines is 1. The smallest absolute Gasteiger partial charge is 0.136 e. The number of rotatable bonds is 4. The molecule has 1 atom stereocenters. The Kier molecular flexibility index (Phi) is 3.08. The van der Waals surface area contributed by atoms with Crippen molar-refractivity contribution in [3.8, 4) is 0 Å². The normalized spacial score (nSPS) is 21.0. The summed E-state index contributed by atoms with van der Waals surface area (Å²) in [6.07, 6.45) is 1.27. The maximum absolute atomic E-state index is 5.69. The van der Waals surface area contributed by atoms with Crippen LogP contribution in [-0.2, 0) is 0 Å². The maximum atomic E-state index is 5.69. The van der Waals surface area contributed by atoms with Crippen molar-refractivity contribution in [1.29, 1.82) is 0 Å². The van der Waals surface area contributed by atoms with E-state index >= 15 is 0 Å². The molecule has 1 saturated carbocycles. The lowest BCUT2D eigenvalue weighted by molar-refractivity contribution is 0.573. The number of nitrogens with two attached hydrogens (primary N) is 1. The monoisotopic (exact) mass is 249 g/mol. The summed E-state index contributed by atoms with van der Waals surface area (Å²) in [5.41, 5.74) is 7.98. The van der Waals surface area contributed by atoms with E-state index in [4.69, 9.17) is 18.0 Å². The van der Waals surface area contributed by atoms with Gasteiger partial charge < -0.3 is 11.1 Å². The maximum Gasteiger partial charge on any atom is 0.136 e. The zero-order valence-corrected chi connectivity index (χ0v) is 11.4. The lowest BCUT2D eigenvalue weighted by Crippen LogP contribution is -2.16. The predicted molar refractivity (Wildman–Crippen MR) is 75.2 cm³/mol. The van der Waals surface area contributed by atoms with Crippen LogP contribution in [0.4, 0.5) is 5.82 Å². The van der Waals surface area contributed by atoms with Gasteiger partial charge in [-0.15, -0.1) is 0 Å². The molecule has 2 rings (SSSR count). The number of hydrogen-bond acceptors (Lipinski definition) is 3. The van der Waals surface area contributed by atoms with Crippen LogP contribution in [0.5, 0.6) is 0 Å². The highest BCUT2D eigenvalue weighted by atomic mass is 32.1. The Balaban J connectivity index is 2.09. The molecule has 1 aromatic rings. The van der Waals surface area contributed by atoms with Gasteiger partial charge in [0, 0.05) is 12.2 Å². The van der Waals surface area contributed by atoms with Gasteiger partial charge in [0.25, 0.3) is 0 Å². The molecule has 4 heteroatoms. The molecule has 0 spiro atoms. The van der Waals surface area contributed by atoms with E-state index < -0.39 is 0 Å². The van der Waals surface area contributed by atoms with Gasteiger partial charge in [0.1, 0.15) is 10.8 Å². The quantitative estimate of drug-likeness (QED) is 0.805. The van der Waals surface area contributed by atoms with E-state index in [-0.39, 0.29) is 0 Å². The third kappa shape index (κ3) is 2.75. The van der Waals surface area contributed by atoms with Crippen molar-refractivity contribution in [2.24, 2.45) is 17.1 Å². The summed E-state index contributed by atoms with van der Waals surface area (Å²) in [7, 11) is 0. The number of aryl methyl sites for hydroxylation is 1. The van der Waals surface area contributed by atoms with Gasteiger partial charge in [0.05, 0.1) is 5.56 Å². The van der Waals surface area contributed by atoms with Crippen molar-refractivity contribution >= 4 is 23.0 Å². The average molecular weight is 249 g/mol. The Morgan fingerprint density at radius 1 is 1.59 bits per heavy atom. The van der Waals surface area contributed by atoms with Gasteiger partial charge in [-0.05, 0) is 36.8 Å². The van der Waals surface area contributed by atoms with E-state index in [1.165, 1.54) is 6.42 Å². The molecule has 0 aromatic carbocycles. The first-order valence-corrected chi connectivity index (χ1v) is 6.32. The second-order valence-electron chi connectivity index (χ2n) is 5.48. The van der Waals surface area contributed by atoms with Crippen LogP contribution < -0.4 is 11.1 Å². The predicted octanol–water partition coefficient (Wildman–Crippen LogP) is 2.48. The van der Waals surface area contributed by atoms with Crippen LogP contribution in [0.2, 0.25) is 0 Å². The van der Waals surface area contributed by atoms with Gasteiger partial charge in [0.2, 0.25) is 0 Å². The summed E-state index contributed by atoms with van der Waals surface area (Å²) < 4.78 is 0. The highest BCUT2D eigenvalue weighted by molar-refractivity contribution is 7.80. The minimum Gasteiger partial charge on any atom is -0.389 e. The second-order valence-corrected chi connectivity index (χ2v) is 5.92. The highest BCUT2D eigenvalue weighted by Crippen LogP contribution is 2.51. The summed E-state index contributed by atoms with van der Waals surface area (Å²) in [6, 6.07) is 3.87. The van der Waals surface area contributed by atoms with Gasteiger partial charge in [-0.3, -0.25) is 0 Å². The SMILES string of the molecule is Cc1ccc(C(N)=S)c(NCC2CC2(C)C)n1.